The monoisotopic (exact) mass is 228 g/mol. The number of carbonyl (C=O) groups excluding carboxylic acids is 1. The standard InChI is InChI=1S/C10H8Cl2NO/c1-3-10(14)13-7-4-8(11)6(2)9(12)5-7/h3-4H,1H2,2H3,(H,13,14). The van der Waals surface area contributed by atoms with Crippen molar-refractivity contribution in [2.45, 2.75) is 6.92 Å². The average molecular weight is 229 g/mol. The van der Waals surface area contributed by atoms with Crippen LogP contribution in [0.3, 0.4) is 0 Å². The lowest BCUT2D eigenvalue weighted by molar-refractivity contribution is -0.111. The molecule has 2 nitrogen and oxygen atoms in total. The minimum atomic E-state index is -0.322. The Balaban J connectivity index is 3.01. The number of nitrogens with one attached hydrogen (secondary N) is 1. The van der Waals surface area contributed by atoms with Crippen molar-refractivity contribution in [1.29, 1.82) is 0 Å². The van der Waals surface area contributed by atoms with Crippen LogP contribution in [0.4, 0.5) is 5.69 Å². The van der Waals surface area contributed by atoms with E-state index in [2.05, 4.69) is 18.0 Å². The van der Waals surface area contributed by atoms with E-state index >= 15 is 0 Å². The van der Waals surface area contributed by atoms with Crippen LogP contribution in [0.1, 0.15) is 5.56 Å². The lowest BCUT2D eigenvalue weighted by Crippen LogP contribution is -2.07. The maximum atomic E-state index is 11.0. The van der Waals surface area contributed by atoms with Crippen LogP contribution in [-0.2, 0) is 4.79 Å². The largest absolute Gasteiger partial charge is 0.322 e. The molecule has 0 aromatic heterocycles. The van der Waals surface area contributed by atoms with E-state index in [-0.39, 0.29) is 5.91 Å². The zero-order valence-electron chi connectivity index (χ0n) is 7.53. The molecule has 1 N–H and O–H groups in total. The minimum Gasteiger partial charge on any atom is -0.322 e. The molecule has 0 fully saturated rings. The maximum absolute atomic E-state index is 11.0. The summed E-state index contributed by atoms with van der Waals surface area (Å²) in [6.07, 6.45) is 1.16. The second kappa shape index (κ2) is 4.49. The molecule has 1 radical (unpaired) electrons. The Morgan fingerprint density at radius 1 is 1.64 bits per heavy atom. The van der Waals surface area contributed by atoms with Gasteiger partial charge in [0.1, 0.15) is 0 Å². The van der Waals surface area contributed by atoms with E-state index in [9.17, 15) is 4.79 Å². The van der Waals surface area contributed by atoms with Crippen LogP contribution >= 0.6 is 23.2 Å². The van der Waals surface area contributed by atoms with Gasteiger partial charge in [0.2, 0.25) is 5.91 Å². The van der Waals surface area contributed by atoms with Gasteiger partial charge in [-0.3, -0.25) is 4.79 Å². The van der Waals surface area contributed by atoms with Gasteiger partial charge in [-0.1, -0.05) is 29.8 Å². The lowest BCUT2D eigenvalue weighted by Gasteiger charge is -2.05. The average Bonchev–Trinajstić information content (AvgIpc) is 2.14. The van der Waals surface area contributed by atoms with Crippen LogP contribution in [0.2, 0.25) is 10.0 Å². The molecule has 0 aliphatic heterocycles. The lowest BCUT2D eigenvalue weighted by atomic mass is 10.2. The zero-order valence-corrected chi connectivity index (χ0v) is 9.04. The third-order valence-corrected chi connectivity index (χ3v) is 2.42. The van der Waals surface area contributed by atoms with E-state index in [0.717, 1.165) is 11.6 Å². The van der Waals surface area contributed by atoms with Crippen LogP contribution in [0.25, 0.3) is 0 Å². The van der Waals surface area contributed by atoms with E-state index in [1.807, 2.05) is 0 Å². The second-order valence-corrected chi connectivity index (χ2v) is 3.45. The summed E-state index contributed by atoms with van der Waals surface area (Å²) in [6.45, 7) is 5.11. The van der Waals surface area contributed by atoms with Gasteiger partial charge in [-0.2, -0.15) is 0 Å². The van der Waals surface area contributed by atoms with Crippen LogP contribution in [0, 0.1) is 13.0 Å². The molecule has 0 atom stereocenters. The third-order valence-electron chi connectivity index (χ3n) is 1.65. The number of hydrogen-bond acceptors (Lipinski definition) is 1. The van der Waals surface area contributed by atoms with Gasteiger partial charge in [-0.25, -0.2) is 0 Å². The predicted molar refractivity (Wildman–Crippen MR) is 58.9 cm³/mol. The number of hydrogen-bond donors (Lipinski definition) is 1. The van der Waals surface area contributed by atoms with Crippen molar-refractivity contribution >= 4 is 34.8 Å². The molecule has 0 spiro atoms. The van der Waals surface area contributed by atoms with Gasteiger partial charge in [0, 0.05) is 11.1 Å². The molecule has 1 rings (SSSR count). The highest BCUT2D eigenvalue weighted by Crippen LogP contribution is 2.27. The number of anilines is 1. The summed E-state index contributed by atoms with van der Waals surface area (Å²) in [4.78, 5) is 11.0. The first-order valence-corrected chi connectivity index (χ1v) is 4.61. The number of carbonyl (C=O) groups is 1. The SMILES string of the molecule is C=CC(=O)Nc1[c]c(Cl)c(C)c(Cl)c1. The highest BCUT2D eigenvalue weighted by molar-refractivity contribution is 6.36. The van der Waals surface area contributed by atoms with Crippen molar-refractivity contribution in [2.24, 2.45) is 0 Å². The number of amides is 1. The number of rotatable bonds is 2. The molecule has 73 valence electrons. The Kier molecular flexibility index (Phi) is 3.55. The van der Waals surface area contributed by atoms with Crippen LogP contribution < -0.4 is 5.32 Å². The first kappa shape index (κ1) is 11.1. The van der Waals surface area contributed by atoms with Crippen LogP contribution in [0.5, 0.6) is 0 Å². The summed E-state index contributed by atoms with van der Waals surface area (Å²) in [5.41, 5.74) is 1.18. The van der Waals surface area contributed by atoms with Gasteiger partial charge in [0.25, 0.3) is 0 Å². The van der Waals surface area contributed by atoms with Crippen LogP contribution in [0.15, 0.2) is 18.7 Å². The molecular formula is C10H8Cl2NO. The van der Waals surface area contributed by atoms with Gasteiger partial charge < -0.3 is 5.32 Å². The Labute approximate surface area is 92.5 Å². The third kappa shape index (κ3) is 2.50. The van der Waals surface area contributed by atoms with Crippen molar-refractivity contribution in [3.05, 3.63) is 40.4 Å². The Bertz CT molecular complexity index is 365. The van der Waals surface area contributed by atoms with Crippen LogP contribution in [-0.4, -0.2) is 5.91 Å². The summed E-state index contributed by atoms with van der Waals surface area (Å²) in [5, 5.41) is 3.41. The van der Waals surface area contributed by atoms with Crippen molar-refractivity contribution in [1.82, 2.24) is 0 Å². The minimum absolute atomic E-state index is 0.322. The molecule has 1 aromatic rings. The van der Waals surface area contributed by atoms with Gasteiger partial charge in [0.15, 0.2) is 0 Å². The van der Waals surface area contributed by atoms with Crippen molar-refractivity contribution < 1.29 is 4.79 Å². The Morgan fingerprint density at radius 3 is 2.79 bits per heavy atom. The number of halogens is 2. The maximum Gasteiger partial charge on any atom is 0.247 e. The van der Waals surface area contributed by atoms with Crippen molar-refractivity contribution in [2.75, 3.05) is 5.32 Å². The van der Waals surface area contributed by atoms with Gasteiger partial charge in [-0.05, 0) is 24.6 Å². The van der Waals surface area contributed by atoms with Gasteiger partial charge >= 0.3 is 0 Å². The summed E-state index contributed by atoms with van der Waals surface area (Å²) < 4.78 is 0. The summed E-state index contributed by atoms with van der Waals surface area (Å²) in [7, 11) is 0. The fraction of sp³-hybridized carbons (Fsp3) is 0.100. The molecule has 0 aliphatic carbocycles. The molecule has 0 bridgehead atoms. The fourth-order valence-corrected chi connectivity index (χ4v) is 1.29. The summed E-state index contributed by atoms with van der Waals surface area (Å²) in [6, 6.07) is 4.37. The zero-order chi connectivity index (χ0) is 10.7. The summed E-state index contributed by atoms with van der Waals surface area (Å²) in [5.74, 6) is -0.322. The van der Waals surface area contributed by atoms with Crippen molar-refractivity contribution in [3.8, 4) is 0 Å². The second-order valence-electron chi connectivity index (χ2n) is 2.66. The normalized spacial score (nSPS) is 9.64. The first-order valence-electron chi connectivity index (χ1n) is 3.86. The van der Waals surface area contributed by atoms with Gasteiger partial charge in [0.05, 0.1) is 10.7 Å². The fourth-order valence-electron chi connectivity index (χ4n) is 0.839. The highest BCUT2D eigenvalue weighted by atomic mass is 35.5. The summed E-state index contributed by atoms with van der Waals surface area (Å²) >= 11 is 11.7. The molecular weight excluding hydrogens is 221 g/mol. The molecule has 1 aromatic carbocycles. The van der Waals surface area contributed by atoms with Gasteiger partial charge in [-0.15, -0.1) is 0 Å². The Hall–Kier alpha value is -0.990. The van der Waals surface area contributed by atoms with E-state index < -0.39 is 0 Å². The predicted octanol–water partition coefficient (Wildman–Crippen LogP) is 3.23. The molecule has 4 heteroatoms. The van der Waals surface area contributed by atoms with Crippen molar-refractivity contribution in [3.63, 3.8) is 0 Å². The van der Waals surface area contributed by atoms with E-state index in [1.54, 1.807) is 13.0 Å². The molecule has 14 heavy (non-hydrogen) atoms. The van der Waals surface area contributed by atoms with E-state index in [4.69, 9.17) is 23.2 Å². The first-order chi connectivity index (χ1) is 6.54. The molecule has 0 unspecified atom stereocenters. The highest BCUT2D eigenvalue weighted by Gasteiger charge is 2.05. The van der Waals surface area contributed by atoms with E-state index in [0.29, 0.717) is 15.7 Å². The quantitative estimate of drug-likeness (QED) is 0.775. The number of benzene rings is 1. The molecule has 0 saturated heterocycles. The molecule has 0 aliphatic rings. The van der Waals surface area contributed by atoms with E-state index in [1.165, 1.54) is 0 Å². The topological polar surface area (TPSA) is 29.1 Å². The smallest absolute Gasteiger partial charge is 0.247 e. The molecule has 0 saturated carbocycles. The molecule has 1 amide bonds. The Morgan fingerprint density at radius 2 is 2.29 bits per heavy atom. The molecule has 0 heterocycles.